The van der Waals surface area contributed by atoms with Crippen LogP contribution in [-0.4, -0.2) is 18.6 Å². The van der Waals surface area contributed by atoms with Gasteiger partial charge in [0.05, 0.1) is 6.42 Å². The number of nitrogens with zero attached hydrogens (tertiary/aromatic N) is 1. The van der Waals surface area contributed by atoms with Crippen LogP contribution in [0.15, 0.2) is 18.2 Å². The zero-order chi connectivity index (χ0) is 14.0. The Morgan fingerprint density at radius 1 is 1.26 bits per heavy atom. The molecule has 2 nitrogen and oxygen atoms in total. The molecule has 0 aliphatic carbocycles. The van der Waals surface area contributed by atoms with Crippen molar-refractivity contribution in [2.45, 2.75) is 31.9 Å². The van der Waals surface area contributed by atoms with Gasteiger partial charge in [0, 0.05) is 22.2 Å². The quantitative estimate of drug-likeness (QED) is 0.710. The SMILES string of the molecule is O=C1CCCc2cc(I)ccc2N1CCC(F)(F)F. The molecule has 0 radical (unpaired) electrons. The summed E-state index contributed by atoms with van der Waals surface area (Å²) in [5.74, 6) is -0.218. The third-order valence-electron chi connectivity index (χ3n) is 3.09. The first-order chi connectivity index (χ1) is 8.87. The normalized spacial score (nSPS) is 16.2. The van der Waals surface area contributed by atoms with E-state index in [2.05, 4.69) is 22.6 Å². The van der Waals surface area contributed by atoms with Crippen LogP contribution >= 0.6 is 22.6 Å². The van der Waals surface area contributed by atoms with E-state index >= 15 is 0 Å². The van der Waals surface area contributed by atoms with Crippen molar-refractivity contribution in [3.05, 3.63) is 27.3 Å². The van der Waals surface area contributed by atoms with Gasteiger partial charge in [0.25, 0.3) is 0 Å². The number of alkyl halides is 3. The van der Waals surface area contributed by atoms with E-state index in [1.54, 1.807) is 6.07 Å². The van der Waals surface area contributed by atoms with Crippen molar-refractivity contribution in [2.75, 3.05) is 11.4 Å². The fourth-order valence-electron chi connectivity index (χ4n) is 2.20. The largest absolute Gasteiger partial charge is 0.390 e. The lowest BCUT2D eigenvalue weighted by molar-refractivity contribution is -0.133. The Hall–Kier alpha value is -0.790. The highest BCUT2D eigenvalue weighted by atomic mass is 127. The molecule has 0 atom stereocenters. The molecule has 19 heavy (non-hydrogen) atoms. The zero-order valence-corrected chi connectivity index (χ0v) is 12.3. The lowest BCUT2D eigenvalue weighted by Crippen LogP contribution is -2.33. The molecule has 0 bridgehead atoms. The van der Waals surface area contributed by atoms with Crippen molar-refractivity contribution in [3.8, 4) is 0 Å². The summed E-state index contributed by atoms with van der Waals surface area (Å²) in [6.07, 6.45) is -3.47. The third-order valence-corrected chi connectivity index (χ3v) is 3.76. The molecule has 0 fully saturated rings. The number of carbonyl (C=O) groups is 1. The summed E-state index contributed by atoms with van der Waals surface area (Å²) in [6.45, 7) is -0.296. The van der Waals surface area contributed by atoms with Gasteiger partial charge in [-0.25, -0.2) is 0 Å². The van der Waals surface area contributed by atoms with Crippen LogP contribution in [0.5, 0.6) is 0 Å². The summed E-state index contributed by atoms with van der Waals surface area (Å²) >= 11 is 2.16. The van der Waals surface area contributed by atoms with E-state index in [-0.39, 0.29) is 12.5 Å². The maximum absolute atomic E-state index is 12.3. The van der Waals surface area contributed by atoms with Crippen LogP contribution in [0.2, 0.25) is 0 Å². The predicted molar refractivity (Wildman–Crippen MR) is 75.1 cm³/mol. The lowest BCUT2D eigenvalue weighted by atomic mass is 10.1. The van der Waals surface area contributed by atoms with Crippen molar-refractivity contribution in [3.63, 3.8) is 0 Å². The molecule has 0 saturated carbocycles. The smallest absolute Gasteiger partial charge is 0.312 e. The Morgan fingerprint density at radius 2 is 2.00 bits per heavy atom. The van der Waals surface area contributed by atoms with Gasteiger partial charge >= 0.3 is 6.18 Å². The maximum atomic E-state index is 12.3. The van der Waals surface area contributed by atoms with Crippen LogP contribution in [0, 0.1) is 3.57 Å². The van der Waals surface area contributed by atoms with E-state index in [1.165, 1.54) is 4.90 Å². The second kappa shape index (κ2) is 5.68. The topological polar surface area (TPSA) is 20.3 Å². The van der Waals surface area contributed by atoms with Crippen LogP contribution in [-0.2, 0) is 11.2 Å². The molecule has 0 unspecified atom stereocenters. The number of hydrogen-bond donors (Lipinski definition) is 0. The predicted octanol–water partition coefficient (Wildman–Crippen LogP) is 3.91. The van der Waals surface area contributed by atoms with Gasteiger partial charge in [-0.2, -0.15) is 13.2 Å². The van der Waals surface area contributed by atoms with E-state index in [0.717, 1.165) is 15.6 Å². The summed E-state index contributed by atoms with van der Waals surface area (Å²) < 4.78 is 38.0. The molecule has 1 aromatic rings. The first-order valence-electron chi connectivity index (χ1n) is 6.02. The molecule has 0 N–H and O–H groups in total. The highest BCUT2D eigenvalue weighted by Gasteiger charge is 2.30. The molecule has 1 amide bonds. The minimum Gasteiger partial charge on any atom is -0.312 e. The molecule has 6 heteroatoms. The molecule has 0 spiro atoms. The number of amides is 1. The Labute approximate surface area is 123 Å². The molecular formula is C13H13F3INO. The molecule has 1 aromatic carbocycles. The molecule has 1 aliphatic rings. The van der Waals surface area contributed by atoms with Crippen LogP contribution in [0.25, 0.3) is 0 Å². The van der Waals surface area contributed by atoms with E-state index in [9.17, 15) is 18.0 Å². The number of hydrogen-bond acceptors (Lipinski definition) is 1. The van der Waals surface area contributed by atoms with Gasteiger partial charge in [-0.1, -0.05) is 0 Å². The van der Waals surface area contributed by atoms with E-state index < -0.39 is 12.6 Å². The minimum absolute atomic E-state index is 0.218. The molecule has 0 saturated heterocycles. The summed E-state index contributed by atoms with van der Waals surface area (Å²) in [4.78, 5) is 13.2. The fourth-order valence-corrected chi connectivity index (χ4v) is 2.76. The molecular weight excluding hydrogens is 370 g/mol. The molecule has 1 aliphatic heterocycles. The lowest BCUT2D eigenvalue weighted by Gasteiger charge is -2.23. The summed E-state index contributed by atoms with van der Waals surface area (Å²) in [7, 11) is 0. The number of anilines is 1. The van der Waals surface area contributed by atoms with Crippen molar-refractivity contribution in [1.82, 2.24) is 0 Å². The molecule has 1 heterocycles. The Kier molecular flexibility index (Phi) is 4.37. The summed E-state index contributed by atoms with van der Waals surface area (Å²) in [5, 5.41) is 0. The van der Waals surface area contributed by atoms with Crippen LogP contribution in [0.3, 0.4) is 0 Å². The number of carbonyl (C=O) groups excluding carboxylic acids is 1. The number of rotatable bonds is 2. The summed E-state index contributed by atoms with van der Waals surface area (Å²) in [5.41, 5.74) is 1.59. The van der Waals surface area contributed by atoms with Gasteiger partial charge < -0.3 is 4.90 Å². The van der Waals surface area contributed by atoms with Gasteiger partial charge in [0.2, 0.25) is 5.91 Å². The van der Waals surface area contributed by atoms with Crippen molar-refractivity contribution >= 4 is 34.2 Å². The highest BCUT2D eigenvalue weighted by molar-refractivity contribution is 14.1. The zero-order valence-electron chi connectivity index (χ0n) is 10.1. The molecule has 2 rings (SSSR count). The number of benzene rings is 1. The van der Waals surface area contributed by atoms with Crippen molar-refractivity contribution in [2.24, 2.45) is 0 Å². The number of halogens is 4. The van der Waals surface area contributed by atoms with E-state index in [4.69, 9.17) is 0 Å². The molecule has 104 valence electrons. The first kappa shape index (κ1) is 14.6. The van der Waals surface area contributed by atoms with Gasteiger partial charge in [-0.3, -0.25) is 4.79 Å². The number of fused-ring (bicyclic) bond motifs is 1. The van der Waals surface area contributed by atoms with Crippen LogP contribution in [0.4, 0.5) is 18.9 Å². The monoisotopic (exact) mass is 383 g/mol. The van der Waals surface area contributed by atoms with E-state index in [0.29, 0.717) is 18.5 Å². The second-order valence-electron chi connectivity index (χ2n) is 4.54. The third kappa shape index (κ3) is 3.84. The first-order valence-corrected chi connectivity index (χ1v) is 7.10. The number of aryl methyl sites for hydroxylation is 1. The fraction of sp³-hybridized carbons (Fsp3) is 0.462. The highest BCUT2D eigenvalue weighted by Crippen LogP contribution is 2.30. The maximum Gasteiger partial charge on any atom is 0.390 e. The van der Waals surface area contributed by atoms with Crippen LogP contribution < -0.4 is 4.90 Å². The van der Waals surface area contributed by atoms with E-state index in [1.807, 2.05) is 12.1 Å². The van der Waals surface area contributed by atoms with Gasteiger partial charge in [0.1, 0.15) is 0 Å². The summed E-state index contributed by atoms with van der Waals surface area (Å²) in [6, 6.07) is 5.50. The standard InChI is InChI=1S/C13H13F3INO/c14-13(15,16)6-7-18-11-5-4-10(17)8-9(11)2-1-3-12(18)19/h4-5,8H,1-3,6-7H2. The second-order valence-corrected chi connectivity index (χ2v) is 5.78. The van der Waals surface area contributed by atoms with Crippen molar-refractivity contribution < 1.29 is 18.0 Å². The van der Waals surface area contributed by atoms with Gasteiger partial charge in [0.15, 0.2) is 0 Å². The van der Waals surface area contributed by atoms with Crippen LogP contribution in [0.1, 0.15) is 24.8 Å². The van der Waals surface area contributed by atoms with Gasteiger partial charge in [-0.15, -0.1) is 0 Å². The minimum atomic E-state index is -4.24. The Morgan fingerprint density at radius 3 is 2.68 bits per heavy atom. The van der Waals surface area contributed by atoms with Crippen molar-refractivity contribution in [1.29, 1.82) is 0 Å². The Balaban J connectivity index is 2.27. The average molecular weight is 383 g/mol. The van der Waals surface area contributed by atoms with Gasteiger partial charge in [-0.05, 0) is 59.2 Å². The average Bonchev–Trinajstić information content (AvgIpc) is 2.44. The molecule has 0 aromatic heterocycles. The Bertz CT molecular complexity index is 487.